The van der Waals surface area contributed by atoms with Crippen LogP contribution in [0.5, 0.6) is 0 Å². The molecule has 0 atom stereocenters. The number of carbonyl (C=O) groups is 1. The molecule has 1 saturated carbocycles. The highest BCUT2D eigenvalue weighted by atomic mass is 19.1. The zero-order valence-electron chi connectivity index (χ0n) is 23.0. The first-order chi connectivity index (χ1) is 20.0. The van der Waals surface area contributed by atoms with Crippen molar-refractivity contribution in [1.82, 2.24) is 25.5 Å². The van der Waals surface area contributed by atoms with Crippen LogP contribution in [-0.4, -0.2) is 26.1 Å². The summed E-state index contributed by atoms with van der Waals surface area (Å²) in [4.78, 5) is 21.2. The Bertz CT molecular complexity index is 1820. The van der Waals surface area contributed by atoms with Crippen molar-refractivity contribution in [2.24, 2.45) is 5.92 Å². The van der Waals surface area contributed by atoms with Crippen LogP contribution in [0.2, 0.25) is 0 Å². The van der Waals surface area contributed by atoms with Gasteiger partial charge in [-0.1, -0.05) is 62.2 Å². The van der Waals surface area contributed by atoms with Crippen LogP contribution in [-0.2, 0) is 4.79 Å². The number of halogens is 1. The third-order valence-corrected chi connectivity index (χ3v) is 7.85. The van der Waals surface area contributed by atoms with Gasteiger partial charge >= 0.3 is 0 Å². The zero-order chi connectivity index (χ0) is 28.3. The van der Waals surface area contributed by atoms with Crippen molar-refractivity contribution in [1.29, 1.82) is 0 Å². The Morgan fingerprint density at radius 2 is 1.88 bits per heavy atom. The molecule has 41 heavy (non-hydrogen) atoms. The summed E-state index contributed by atoms with van der Waals surface area (Å²) in [5.74, 6) is 0.469. The van der Waals surface area contributed by atoms with Gasteiger partial charge in [-0.2, -0.15) is 5.10 Å². The molecule has 0 unspecified atom stereocenters. The van der Waals surface area contributed by atoms with E-state index in [1.807, 2.05) is 55.5 Å². The van der Waals surface area contributed by atoms with Crippen LogP contribution in [0.15, 0.2) is 91.2 Å². The third-order valence-electron chi connectivity index (χ3n) is 7.85. The van der Waals surface area contributed by atoms with E-state index in [1.165, 1.54) is 18.6 Å². The summed E-state index contributed by atoms with van der Waals surface area (Å²) in [6, 6.07) is 18.5. The molecule has 5 aromatic rings. The van der Waals surface area contributed by atoms with Crippen LogP contribution in [0.4, 0.5) is 4.39 Å². The van der Waals surface area contributed by atoms with Gasteiger partial charge < -0.3 is 10.3 Å². The van der Waals surface area contributed by atoms with Gasteiger partial charge in [0.1, 0.15) is 11.5 Å². The molecule has 1 fully saturated rings. The van der Waals surface area contributed by atoms with Crippen LogP contribution < -0.4 is 5.32 Å². The van der Waals surface area contributed by atoms with Crippen molar-refractivity contribution >= 4 is 33.4 Å². The van der Waals surface area contributed by atoms with Crippen molar-refractivity contribution in [3.63, 3.8) is 0 Å². The molecular formula is C34H32FN5O. The van der Waals surface area contributed by atoms with Crippen molar-refractivity contribution in [2.45, 2.75) is 39.0 Å². The highest BCUT2D eigenvalue weighted by Gasteiger charge is 2.21. The highest BCUT2D eigenvalue weighted by Crippen LogP contribution is 2.33. The molecule has 3 aromatic carbocycles. The van der Waals surface area contributed by atoms with Gasteiger partial charge in [-0.05, 0) is 78.9 Å². The maximum absolute atomic E-state index is 14.0. The van der Waals surface area contributed by atoms with E-state index in [0.717, 1.165) is 69.9 Å². The zero-order valence-corrected chi connectivity index (χ0v) is 23.0. The number of hydrogen-bond acceptors (Lipinski definition) is 3. The number of amides is 1. The molecule has 2 heterocycles. The number of benzene rings is 3. The molecule has 2 aromatic heterocycles. The quantitative estimate of drug-likeness (QED) is 0.181. The van der Waals surface area contributed by atoms with Crippen molar-refractivity contribution in [3.05, 3.63) is 103 Å². The molecule has 1 amide bonds. The fraction of sp³-hybridized carbons (Fsp3) is 0.206. The van der Waals surface area contributed by atoms with Gasteiger partial charge in [-0.25, -0.2) is 9.37 Å². The molecule has 0 saturated heterocycles. The number of aromatic amines is 2. The number of rotatable bonds is 7. The lowest BCUT2D eigenvalue weighted by molar-refractivity contribution is -0.125. The number of imidazole rings is 1. The Kier molecular flexibility index (Phi) is 7.33. The van der Waals surface area contributed by atoms with Crippen LogP contribution in [0, 0.1) is 11.7 Å². The maximum atomic E-state index is 14.0. The smallest absolute Gasteiger partial charge is 0.227 e. The molecule has 6 rings (SSSR count). The number of H-pyrrole nitrogens is 2. The Morgan fingerprint density at radius 1 is 1.05 bits per heavy atom. The second-order valence-electron chi connectivity index (χ2n) is 10.5. The number of para-hydroxylation sites is 1. The van der Waals surface area contributed by atoms with E-state index in [1.54, 1.807) is 12.1 Å². The Labute approximate surface area is 238 Å². The van der Waals surface area contributed by atoms with Gasteiger partial charge in [0.2, 0.25) is 5.91 Å². The van der Waals surface area contributed by atoms with Gasteiger partial charge in [-0.3, -0.25) is 9.89 Å². The topological polar surface area (TPSA) is 86.5 Å². The molecule has 0 radical (unpaired) electrons. The standard InChI is InChI=1S/C34H32FN5O/c1-3-21(19-26(4-2)36-34(41)22-10-6-5-7-11-22)23-16-17-29-28(20-23)32(40-39-29)33-37-30-15-9-14-27(31(30)38-33)24-12-8-13-25(35)18-24/h3-4,8-9,12-20,22H,2,5-7,10-11H2,1H3,(H,36,41)(H,37,38)(H,39,40)/b21-3+,26-19+. The van der Waals surface area contributed by atoms with Crippen molar-refractivity contribution in [2.75, 3.05) is 0 Å². The molecule has 3 N–H and O–H groups in total. The van der Waals surface area contributed by atoms with Gasteiger partial charge in [-0.15, -0.1) is 0 Å². The molecule has 0 aliphatic heterocycles. The second kappa shape index (κ2) is 11.4. The molecule has 0 spiro atoms. The molecule has 6 nitrogen and oxygen atoms in total. The van der Waals surface area contributed by atoms with Gasteiger partial charge in [0.15, 0.2) is 5.82 Å². The third kappa shape index (κ3) is 5.35. The average molecular weight is 546 g/mol. The summed E-state index contributed by atoms with van der Waals surface area (Å²) in [5.41, 5.74) is 7.39. The first kappa shape index (κ1) is 26.4. The number of fused-ring (bicyclic) bond motifs is 2. The van der Waals surface area contributed by atoms with E-state index in [9.17, 15) is 9.18 Å². The average Bonchev–Trinajstić information content (AvgIpc) is 3.63. The van der Waals surface area contributed by atoms with Gasteiger partial charge in [0.05, 0.1) is 16.6 Å². The lowest BCUT2D eigenvalue weighted by atomic mass is 9.88. The van der Waals surface area contributed by atoms with Crippen LogP contribution in [0.25, 0.3) is 50.2 Å². The summed E-state index contributed by atoms with van der Waals surface area (Å²) in [7, 11) is 0. The number of allylic oxidation sites excluding steroid dienone is 4. The second-order valence-corrected chi connectivity index (χ2v) is 10.5. The van der Waals surface area contributed by atoms with E-state index < -0.39 is 0 Å². The van der Waals surface area contributed by atoms with Crippen LogP contribution in [0.1, 0.15) is 44.6 Å². The van der Waals surface area contributed by atoms with Crippen LogP contribution >= 0.6 is 0 Å². The monoisotopic (exact) mass is 545 g/mol. The fourth-order valence-corrected chi connectivity index (χ4v) is 5.66. The minimum Gasteiger partial charge on any atom is -0.337 e. The lowest BCUT2D eigenvalue weighted by Crippen LogP contribution is -2.30. The number of nitrogens with zero attached hydrogens (tertiary/aromatic N) is 2. The number of aromatic nitrogens is 4. The molecule has 0 bridgehead atoms. The summed E-state index contributed by atoms with van der Waals surface area (Å²) < 4.78 is 14.0. The largest absolute Gasteiger partial charge is 0.337 e. The molecular weight excluding hydrogens is 513 g/mol. The van der Waals surface area contributed by atoms with E-state index in [-0.39, 0.29) is 17.6 Å². The normalized spacial score (nSPS) is 15.0. The summed E-state index contributed by atoms with van der Waals surface area (Å²) in [5, 5.41) is 11.7. The summed E-state index contributed by atoms with van der Waals surface area (Å²) in [6.45, 7) is 5.91. The summed E-state index contributed by atoms with van der Waals surface area (Å²) >= 11 is 0. The predicted octanol–water partition coefficient (Wildman–Crippen LogP) is 8.08. The molecule has 7 heteroatoms. The fourth-order valence-electron chi connectivity index (χ4n) is 5.66. The minimum absolute atomic E-state index is 0.0660. The van der Waals surface area contributed by atoms with Gasteiger partial charge in [0.25, 0.3) is 0 Å². The van der Waals surface area contributed by atoms with E-state index in [4.69, 9.17) is 4.98 Å². The summed E-state index contributed by atoms with van der Waals surface area (Å²) in [6.07, 6.45) is 11.0. The minimum atomic E-state index is -0.289. The highest BCUT2D eigenvalue weighted by molar-refractivity contribution is 5.98. The molecule has 1 aliphatic rings. The number of hydrogen-bond donors (Lipinski definition) is 3. The van der Waals surface area contributed by atoms with E-state index in [0.29, 0.717) is 17.2 Å². The van der Waals surface area contributed by atoms with E-state index >= 15 is 0 Å². The van der Waals surface area contributed by atoms with Gasteiger partial charge in [0, 0.05) is 22.6 Å². The first-order valence-electron chi connectivity index (χ1n) is 14.1. The first-order valence-corrected chi connectivity index (χ1v) is 14.1. The Balaban J connectivity index is 1.34. The van der Waals surface area contributed by atoms with E-state index in [2.05, 4.69) is 33.1 Å². The van der Waals surface area contributed by atoms with Crippen molar-refractivity contribution in [3.8, 4) is 22.6 Å². The van der Waals surface area contributed by atoms with Crippen LogP contribution in [0.3, 0.4) is 0 Å². The number of nitrogens with one attached hydrogen (secondary N) is 3. The molecule has 206 valence electrons. The maximum Gasteiger partial charge on any atom is 0.227 e. The SMILES string of the molecule is C=C/C(=C\C(=C/C)c1ccc2[nH]nc(-c3nc4c(-c5cccc(F)c5)cccc4[nH]3)c2c1)NC(=O)C1CCCCC1. The lowest BCUT2D eigenvalue weighted by Gasteiger charge is -2.21. The van der Waals surface area contributed by atoms with Crippen molar-refractivity contribution < 1.29 is 9.18 Å². The Hall–Kier alpha value is -4.78. The predicted molar refractivity (Wildman–Crippen MR) is 163 cm³/mol. The Morgan fingerprint density at radius 3 is 2.66 bits per heavy atom. The molecule has 1 aliphatic carbocycles. The number of carbonyl (C=O) groups excluding carboxylic acids is 1.